The van der Waals surface area contributed by atoms with Crippen LogP contribution in [0.5, 0.6) is 0 Å². The van der Waals surface area contributed by atoms with Crippen molar-refractivity contribution in [3.05, 3.63) is 78.1 Å². The van der Waals surface area contributed by atoms with Gasteiger partial charge in [-0.2, -0.15) is 0 Å². The van der Waals surface area contributed by atoms with Crippen molar-refractivity contribution in [3.63, 3.8) is 0 Å². The van der Waals surface area contributed by atoms with Gasteiger partial charge in [-0.1, -0.05) is 54.6 Å². The van der Waals surface area contributed by atoms with Crippen LogP contribution >= 0.6 is 23.5 Å². The van der Waals surface area contributed by atoms with E-state index in [4.69, 9.17) is 4.98 Å². The average molecular weight is 323 g/mol. The lowest BCUT2D eigenvalue weighted by Crippen LogP contribution is -2.25. The maximum absolute atomic E-state index is 4.84. The minimum Gasteiger partial charge on any atom is -0.258 e. The summed E-state index contributed by atoms with van der Waals surface area (Å²) in [4.78, 5) is 4.84. The van der Waals surface area contributed by atoms with Crippen LogP contribution in [0.1, 0.15) is 17.7 Å². The van der Waals surface area contributed by atoms with Crippen LogP contribution in [0.15, 0.2) is 66.9 Å². The van der Waals surface area contributed by atoms with Crippen molar-refractivity contribution in [2.24, 2.45) is 0 Å². The molecule has 0 saturated carbocycles. The van der Waals surface area contributed by atoms with E-state index in [0.29, 0.717) is 0 Å². The van der Waals surface area contributed by atoms with Crippen LogP contribution in [-0.2, 0) is 4.08 Å². The van der Waals surface area contributed by atoms with Crippen LogP contribution in [0.3, 0.4) is 0 Å². The van der Waals surface area contributed by atoms with E-state index in [0.717, 1.165) is 0 Å². The average Bonchev–Trinajstić information content (AvgIpc) is 2.62. The normalized spacial score (nSPS) is 17.5. The topological polar surface area (TPSA) is 12.9 Å². The van der Waals surface area contributed by atoms with Crippen molar-refractivity contribution in [1.29, 1.82) is 0 Å². The van der Waals surface area contributed by atoms with Gasteiger partial charge in [0.1, 0.15) is 4.08 Å². The van der Waals surface area contributed by atoms with Crippen molar-refractivity contribution in [2.75, 3.05) is 11.5 Å². The van der Waals surface area contributed by atoms with Gasteiger partial charge >= 0.3 is 0 Å². The van der Waals surface area contributed by atoms with E-state index in [9.17, 15) is 0 Å². The molecule has 4 rings (SSSR count). The number of hydrogen-bond acceptors (Lipinski definition) is 3. The van der Waals surface area contributed by atoms with E-state index in [1.807, 2.05) is 29.7 Å². The molecule has 22 heavy (non-hydrogen) atoms. The summed E-state index contributed by atoms with van der Waals surface area (Å²) in [7, 11) is 0. The first-order valence-corrected chi connectivity index (χ1v) is 9.55. The van der Waals surface area contributed by atoms with Crippen LogP contribution in [-0.4, -0.2) is 16.5 Å². The summed E-state index contributed by atoms with van der Waals surface area (Å²) in [5.74, 6) is 2.37. The molecule has 0 N–H and O–H groups in total. The van der Waals surface area contributed by atoms with Crippen LogP contribution in [0.25, 0.3) is 10.8 Å². The van der Waals surface area contributed by atoms with Gasteiger partial charge < -0.3 is 0 Å². The van der Waals surface area contributed by atoms with Crippen molar-refractivity contribution in [2.45, 2.75) is 10.5 Å². The number of pyridine rings is 1. The SMILES string of the molecule is c1ccc(C2(c3nccc4ccccc34)SCCCS2)cc1. The number of fused-ring (bicyclic) bond motifs is 1. The zero-order valence-corrected chi connectivity index (χ0v) is 13.9. The number of benzene rings is 2. The molecule has 0 aliphatic carbocycles. The first kappa shape index (κ1) is 14.2. The van der Waals surface area contributed by atoms with Gasteiger partial charge in [-0.05, 0) is 34.9 Å². The van der Waals surface area contributed by atoms with Gasteiger partial charge in [0, 0.05) is 11.6 Å². The summed E-state index contributed by atoms with van der Waals surface area (Å²) in [5.41, 5.74) is 2.56. The van der Waals surface area contributed by atoms with Crippen molar-refractivity contribution in [3.8, 4) is 0 Å². The molecule has 2 aromatic carbocycles. The summed E-state index contributed by atoms with van der Waals surface area (Å²) in [6.07, 6.45) is 3.23. The minimum absolute atomic E-state index is 0.0830. The van der Waals surface area contributed by atoms with Gasteiger partial charge in [0.05, 0.1) is 5.69 Å². The van der Waals surface area contributed by atoms with Crippen molar-refractivity contribution < 1.29 is 0 Å². The Morgan fingerprint density at radius 2 is 1.55 bits per heavy atom. The first-order chi connectivity index (χ1) is 10.9. The van der Waals surface area contributed by atoms with Crippen LogP contribution in [0.4, 0.5) is 0 Å². The van der Waals surface area contributed by atoms with Gasteiger partial charge in [-0.3, -0.25) is 4.98 Å². The fourth-order valence-corrected chi connectivity index (χ4v) is 6.38. The zero-order chi connectivity index (χ0) is 14.8. The summed E-state index contributed by atoms with van der Waals surface area (Å²) in [5, 5.41) is 2.55. The highest BCUT2D eigenvalue weighted by Crippen LogP contribution is 2.55. The molecular weight excluding hydrogens is 306 g/mol. The Balaban J connectivity index is 1.98. The van der Waals surface area contributed by atoms with Gasteiger partial charge in [-0.25, -0.2) is 0 Å². The molecule has 3 aromatic rings. The van der Waals surface area contributed by atoms with E-state index in [1.165, 1.54) is 40.0 Å². The Labute approximate surface area is 139 Å². The molecule has 0 amide bonds. The Bertz CT molecular complexity index is 774. The molecule has 1 aliphatic heterocycles. The predicted molar refractivity (Wildman–Crippen MR) is 98.5 cm³/mol. The Morgan fingerprint density at radius 1 is 0.818 bits per heavy atom. The molecule has 0 unspecified atom stereocenters. The Kier molecular flexibility index (Phi) is 3.85. The molecular formula is C19H17NS2. The van der Waals surface area contributed by atoms with Crippen LogP contribution in [0.2, 0.25) is 0 Å². The standard InChI is InChI=1S/C19H17NS2/c1-2-8-16(9-3-1)19(21-13-6-14-22-19)18-17-10-5-4-7-15(17)11-12-20-18/h1-5,7-12H,6,13-14H2. The van der Waals surface area contributed by atoms with Gasteiger partial charge in [0.25, 0.3) is 0 Å². The summed E-state index contributed by atoms with van der Waals surface area (Å²) in [6.45, 7) is 0. The molecule has 1 nitrogen and oxygen atoms in total. The highest BCUT2D eigenvalue weighted by Gasteiger charge is 2.39. The molecule has 1 saturated heterocycles. The molecule has 1 fully saturated rings. The number of hydrogen-bond donors (Lipinski definition) is 0. The Hall–Kier alpha value is -1.45. The number of aromatic nitrogens is 1. The van der Waals surface area contributed by atoms with E-state index in [2.05, 4.69) is 60.7 Å². The highest BCUT2D eigenvalue weighted by molar-refractivity contribution is 8.18. The third-order valence-corrected chi connectivity index (χ3v) is 7.40. The molecule has 1 aliphatic rings. The lowest BCUT2D eigenvalue weighted by Gasteiger charge is -2.36. The van der Waals surface area contributed by atoms with Gasteiger partial charge in [0.15, 0.2) is 0 Å². The number of nitrogens with zero attached hydrogens (tertiary/aromatic N) is 1. The summed E-state index contributed by atoms with van der Waals surface area (Å²) < 4.78 is -0.0830. The molecule has 110 valence electrons. The number of thioether (sulfide) groups is 2. The van der Waals surface area contributed by atoms with Crippen LogP contribution in [0, 0.1) is 0 Å². The second-order valence-electron chi connectivity index (χ2n) is 5.41. The lowest BCUT2D eigenvalue weighted by molar-refractivity contribution is 0.967. The Morgan fingerprint density at radius 3 is 2.36 bits per heavy atom. The molecule has 1 aromatic heterocycles. The highest BCUT2D eigenvalue weighted by atomic mass is 32.2. The fraction of sp³-hybridized carbons (Fsp3) is 0.211. The summed E-state index contributed by atoms with van der Waals surface area (Å²) >= 11 is 4.06. The summed E-state index contributed by atoms with van der Waals surface area (Å²) in [6, 6.07) is 21.6. The van der Waals surface area contributed by atoms with Crippen molar-refractivity contribution in [1.82, 2.24) is 4.98 Å². The fourth-order valence-electron chi connectivity index (χ4n) is 3.01. The predicted octanol–water partition coefficient (Wildman–Crippen LogP) is 5.31. The van der Waals surface area contributed by atoms with E-state index in [1.54, 1.807) is 0 Å². The zero-order valence-electron chi connectivity index (χ0n) is 12.2. The second-order valence-corrected chi connectivity index (χ2v) is 8.29. The second kappa shape index (κ2) is 5.98. The molecule has 0 atom stereocenters. The molecule has 0 radical (unpaired) electrons. The molecule has 3 heteroatoms. The molecule has 2 heterocycles. The largest absolute Gasteiger partial charge is 0.258 e. The van der Waals surface area contributed by atoms with Crippen molar-refractivity contribution >= 4 is 34.3 Å². The van der Waals surface area contributed by atoms with E-state index < -0.39 is 0 Å². The van der Waals surface area contributed by atoms with Gasteiger partial charge in [-0.15, -0.1) is 23.5 Å². The maximum Gasteiger partial charge on any atom is 0.129 e. The number of rotatable bonds is 2. The quantitative estimate of drug-likeness (QED) is 0.634. The maximum atomic E-state index is 4.84. The third kappa shape index (κ3) is 2.33. The van der Waals surface area contributed by atoms with Crippen LogP contribution < -0.4 is 0 Å². The monoisotopic (exact) mass is 323 g/mol. The van der Waals surface area contributed by atoms with E-state index >= 15 is 0 Å². The minimum atomic E-state index is -0.0830. The smallest absolute Gasteiger partial charge is 0.129 e. The molecule has 0 spiro atoms. The third-order valence-electron chi connectivity index (χ3n) is 4.04. The first-order valence-electron chi connectivity index (χ1n) is 7.58. The lowest BCUT2D eigenvalue weighted by atomic mass is 10.0. The molecule has 0 bridgehead atoms. The van der Waals surface area contributed by atoms with E-state index in [-0.39, 0.29) is 4.08 Å². The van der Waals surface area contributed by atoms with Gasteiger partial charge in [0.2, 0.25) is 0 Å².